The van der Waals surface area contributed by atoms with E-state index in [0.29, 0.717) is 0 Å². The fraction of sp³-hybridized carbons (Fsp3) is 0.696. The number of carbonyl (C=O) groups is 1. The minimum atomic E-state index is -4.96. The topological polar surface area (TPSA) is 66.5 Å². The maximum absolute atomic E-state index is 13.4. The summed E-state index contributed by atoms with van der Waals surface area (Å²) in [4.78, 5) is 14.1. The van der Waals surface area contributed by atoms with Gasteiger partial charge in [0.25, 0.3) is 0 Å². The van der Waals surface area contributed by atoms with Gasteiger partial charge in [0.05, 0.1) is 29.0 Å². The van der Waals surface area contributed by atoms with E-state index in [4.69, 9.17) is 18.5 Å². The van der Waals surface area contributed by atoms with Crippen molar-refractivity contribution in [1.82, 2.24) is 0 Å². The highest BCUT2D eigenvalue weighted by Crippen LogP contribution is 2.39. The van der Waals surface area contributed by atoms with Crippen LogP contribution in [0.2, 0.25) is 13.1 Å². The highest BCUT2D eigenvalue weighted by Gasteiger charge is 2.53. The smallest absolute Gasteiger partial charge is 0.447 e. The van der Waals surface area contributed by atoms with Gasteiger partial charge in [0.2, 0.25) is 0 Å². The molecule has 2 saturated heterocycles. The third-order valence-corrected chi connectivity index (χ3v) is 7.37. The van der Waals surface area contributed by atoms with Crippen LogP contribution in [-0.4, -0.2) is 58.6 Å². The number of alkyl halides is 3. The van der Waals surface area contributed by atoms with Gasteiger partial charge in [-0.15, -0.1) is 13.2 Å². The van der Waals surface area contributed by atoms with Gasteiger partial charge in [-0.3, -0.25) is 4.90 Å². The van der Waals surface area contributed by atoms with Crippen molar-refractivity contribution in [2.75, 3.05) is 11.5 Å². The van der Waals surface area contributed by atoms with Crippen molar-refractivity contribution < 1.29 is 41.2 Å². The molecule has 0 aromatic heterocycles. The highest BCUT2D eigenvalue weighted by molar-refractivity contribution is 6.63. The molecule has 1 aromatic rings. The summed E-state index contributed by atoms with van der Waals surface area (Å²) in [5.41, 5.74) is -1.57. The SMILES string of the molecule is C[SiH](C)OC(C1COC(=O)N1c1ccc(B2OC(C)(C)C(C)(C)O2)c(OC(F)(F)F)c1)C(C)(C)C. The first-order chi connectivity index (χ1) is 15.8. The number of halogens is 3. The van der Waals surface area contributed by atoms with E-state index >= 15 is 0 Å². The monoisotopic (exact) mass is 517 g/mol. The lowest BCUT2D eigenvalue weighted by Gasteiger charge is -2.39. The van der Waals surface area contributed by atoms with Gasteiger partial charge in [-0.2, -0.15) is 0 Å². The number of anilines is 1. The minimum Gasteiger partial charge on any atom is -0.447 e. The molecular weight excluding hydrogens is 482 g/mol. The molecule has 2 unspecified atom stereocenters. The molecule has 0 N–H and O–H groups in total. The second kappa shape index (κ2) is 9.28. The van der Waals surface area contributed by atoms with Gasteiger partial charge in [0, 0.05) is 11.5 Å². The molecule has 0 radical (unpaired) electrons. The van der Waals surface area contributed by atoms with E-state index in [9.17, 15) is 18.0 Å². The average molecular weight is 517 g/mol. The highest BCUT2D eigenvalue weighted by atomic mass is 28.3. The molecule has 0 bridgehead atoms. The van der Waals surface area contributed by atoms with Crippen LogP contribution in [0.5, 0.6) is 5.75 Å². The molecule has 1 aromatic carbocycles. The van der Waals surface area contributed by atoms with Gasteiger partial charge in [-0.25, -0.2) is 4.79 Å². The first kappa shape index (κ1) is 27.8. The van der Waals surface area contributed by atoms with E-state index in [1.807, 2.05) is 33.9 Å². The van der Waals surface area contributed by atoms with Gasteiger partial charge in [-0.1, -0.05) is 26.8 Å². The Labute approximate surface area is 207 Å². The van der Waals surface area contributed by atoms with Crippen LogP contribution in [0.25, 0.3) is 0 Å². The third-order valence-electron chi connectivity index (χ3n) is 6.54. The number of carbonyl (C=O) groups excluding carboxylic acids is 1. The van der Waals surface area contributed by atoms with Crippen LogP contribution in [0.3, 0.4) is 0 Å². The molecule has 0 spiro atoms. The van der Waals surface area contributed by atoms with E-state index < -0.39 is 51.6 Å². The Morgan fingerprint density at radius 1 is 1.11 bits per heavy atom. The lowest BCUT2D eigenvalue weighted by Crippen LogP contribution is -2.51. The Hall–Kier alpha value is -1.76. The molecule has 2 heterocycles. The summed E-state index contributed by atoms with van der Waals surface area (Å²) in [5, 5.41) is 0. The number of hydrogen-bond donors (Lipinski definition) is 0. The van der Waals surface area contributed by atoms with Gasteiger partial charge < -0.3 is 23.2 Å². The summed E-state index contributed by atoms with van der Waals surface area (Å²) in [6.07, 6.45) is -5.99. The summed E-state index contributed by atoms with van der Waals surface area (Å²) < 4.78 is 68.0. The molecular formula is C23H35BF3NO6Si. The molecule has 2 atom stereocenters. The molecule has 2 aliphatic rings. The van der Waals surface area contributed by atoms with Crippen LogP contribution in [0, 0.1) is 5.41 Å². The van der Waals surface area contributed by atoms with Crippen molar-refractivity contribution in [1.29, 1.82) is 0 Å². The Morgan fingerprint density at radius 3 is 2.17 bits per heavy atom. The van der Waals surface area contributed by atoms with Crippen molar-refractivity contribution in [2.24, 2.45) is 5.41 Å². The zero-order valence-electron chi connectivity index (χ0n) is 21.8. The molecule has 196 valence electrons. The number of cyclic esters (lactones) is 1. The van der Waals surface area contributed by atoms with E-state index in [2.05, 4.69) is 4.74 Å². The van der Waals surface area contributed by atoms with Crippen molar-refractivity contribution in [2.45, 2.75) is 91.3 Å². The van der Waals surface area contributed by atoms with Crippen LogP contribution in [0.4, 0.5) is 23.7 Å². The molecule has 1 amide bonds. The Kier molecular flexibility index (Phi) is 7.37. The van der Waals surface area contributed by atoms with E-state index in [1.54, 1.807) is 33.8 Å². The second-order valence-corrected chi connectivity index (χ2v) is 13.7. The van der Waals surface area contributed by atoms with Crippen LogP contribution in [0.15, 0.2) is 18.2 Å². The normalized spacial score (nSPS) is 23.1. The quantitative estimate of drug-likeness (QED) is 0.513. The summed E-state index contributed by atoms with van der Waals surface area (Å²) in [6.45, 7) is 17.3. The largest absolute Gasteiger partial charge is 0.573 e. The van der Waals surface area contributed by atoms with E-state index in [1.165, 1.54) is 17.0 Å². The predicted octanol–water partition coefficient (Wildman–Crippen LogP) is 4.62. The maximum Gasteiger partial charge on any atom is 0.573 e. The van der Waals surface area contributed by atoms with Crippen molar-refractivity contribution in [3.8, 4) is 5.75 Å². The fourth-order valence-electron chi connectivity index (χ4n) is 4.17. The first-order valence-electron chi connectivity index (χ1n) is 11.7. The number of ether oxygens (including phenoxy) is 2. The van der Waals surface area contributed by atoms with Crippen molar-refractivity contribution in [3.63, 3.8) is 0 Å². The Bertz CT molecular complexity index is 934. The summed E-state index contributed by atoms with van der Waals surface area (Å²) in [7, 11) is -2.59. The summed E-state index contributed by atoms with van der Waals surface area (Å²) >= 11 is 0. The molecule has 2 fully saturated rings. The standard InChI is InChI=1S/C23H35BF3NO6Si/c1-20(2,3)18(32-35(8)9)16-13-30-19(29)28(16)14-10-11-15(17(12-14)31-23(25,26)27)24-33-21(4,5)22(6,7)34-24/h10-12,16,18,35H,13H2,1-9H3. The van der Waals surface area contributed by atoms with Gasteiger partial charge >= 0.3 is 19.6 Å². The number of benzene rings is 1. The number of rotatable bonds is 6. The molecule has 7 nitrogen and oxygen atoms in total. The molecule has 12 heteroatoms. The molecule has 3 rings (SSSR count). The third kappa shape index (κ3) is 5.98. The van der Waals surface area contributed by atoms with Crippen molar-refractivity contribution in [3.05, 3.63) is 18.2 Å². The maximum atomic E-state index is 13.4. The fourth-order valence-corrected chi connectivity index (χ4v) is 5.35. The molecule has 35 heavy (non-hydrogen) atoms. The number of hydrogen-bond acceptors (Lipinski definition) is 6. The van der Waals surface area contributed by atoms with Crippen LogP contribution >= 0.6 is 0 Å². The lowest BCUT2D eigenvalue weighted by atomic mass is 9.78. The summed E-state index contributed by atoms with van der Waals surface area (Å²) in [5.74, 6) is -0.501. The predicted molar refractivity (Wildman–Crippen MR) is 130 cm³/mol. The number of amides is 1. The first-order valence-corrected chi connectivity index (χ1v) is 14.5. The molecule has 2 aliphatic heterocycles. The summed E-state index contributed by atoms with van der Waals surface area (Å²) in [6, 6.07) is 3.65. The molecule has 0 saturated carbocycles. The lowest BCUT2D eigenvalue weighted by molar-refractivity contribution is -0.274. The average Bonchev–Trinajstić information content (AvgIpc) is 3.13. The molecule has 0 aliphatic carbocycles. The van der Waals surface area contributed by atoms with E-state index in [-0.39, 0.29) is 29.3 Å². The van der Waals surface area contributed by atoms with Gasteiger partial charge in [0.15, 0.2) is 9.04 Å². The van der Waals surface area contributed by atoms with Gasteiger partial charge in [-0.05, 0) is 52.3 Å². The van der Waals surface area contributed by atoms with Gasteiger partial charge in [0.1, 0.15) is 12.4 Å². The number of nitrogens with zero attached hydrogens (tertiary/aromatic N) is 1. The van der Waals surface area contributed by atoms with Crippen LogP contribution < -0.4 is 15.1 Å². The van der Waals surface area contributed by atoms with Crippen LogP contribution in [-0.2, 0) is 18.5 Å². The zero-order valence-corrected chi connectivity index (χ0v) is 22.9. The Balaban J connectivity index is 2.04. The minimum absolute atomic E-state index is 0.0658. The van der Waals surface area contributed by atoms with Crippen LogP contribution in [0.1, 0.15) is 48.5 Å². The zero-order chi connectivity index (χ0) is 26.6. The second-order valence-electron chi connectivity index (χ2n) is 11.3. The Morgan fingerprint density at radius 2 is 1.69 bits per heavy atom. The van der Waals surface area contributed by atoms with E-state index in [0.717, 1.165) is 0 Å². The van der Waals surface area contributed by atoms with Crippen molar-refractivity contribution >= 4 is 33.4 Å².